The maximum atomic E-state index is 13.1. The summed E-state index contributed by atoms with van der Waals surface area (Å²) in [6, 6.07) is 23.0. The zero-order chi connectivity index (χ0) is 26.4. The van der Waals surface area contributed by atoms with Crippen LogP contribution in [-0.2, 0) is 22.7 Å². The van der Waals surface area contributed by atoms with Crippen molar-refractivity contribution in [3.63, 3.8) is 0 Å². The molecule has 37 heavy (non-hydrogen) atoms. The van der Waals surface area contributed by atoms with Crippen LogP contribution in [0.1, 0.15) is 49.8 Å². The smallest absolute Gasteiger partial charge is 0.410 e. The van der Waals surface area contributed by atoms with Crippen molar-refractivity contribution in [1.82, 2.24) is 4.90 Å². The lowest BCUT2D eigenvalue weighted by Gasteiger charge is -2.34. The van der Waals surface area contributed by atoms with Gasteiger partial charge >= 0.3 is 6.09 Å². The molecule has 1 heterocycles. The van der Waals surface area contributed by atoms with Crippen molar-refractivity contribution in [3.05, 3.63) is 94.5 Å². The standard InChI is InChI=1S/C30H32ClNO5/c1-30(2,3)37-29(34)32-15-14-26(33)24(18-32)23-16-25(31)28(36-20-22-12-8-5-9-13-22)17-27(23)35-19-21-10-6-4-7-11-21/h4-13,16-17,24H,14-15,18-20H2,1-3H3. The van der Waals surface area contributed by atoms with Crippen LogP contribution in [0.25, 0.3) is 0 Å². The number of carbonyl (C=O) groups excluding carboxylic acids is 2. The van der Waals surface area contributed by atoms with E-state index in [-0.39, 0.29) is 18.7 Å². The topological polar surface area (TPSA) is 65.1 Å². The molecule has 0 aromatic heterocycles. The summed E-state index contributed by atoms with van der Waals surface area (Å²) in [5.41, 5.74) is 2.00. The maximum absolute atomic E-state index is 13.1. The van der Waals surface area contributed by atoms with Gasteiger partial charge in [0.1, 0.15) is 36.1 Å². The molecule has 0 radical (unpaired) electrons. The van der Waals surface area contributed by atoms with E-state index >= 15 is 0 Å². The van der Waals surface area contributed by atoms with Gasteiger partial charge in [0.15, 0.2) is 0 Å². The average Bonchev–Trinajstić information content (AvgIpc) is 2.87. The molecule has 3 aromatic carbocycles. The Morgan fingerprint density at radius 2 is 1.49 bits per heavy atom. The van der Waals surface area contributed by atoms with Crippen LogP contribution in [0.2, 0.25) is 5.02 Å². The number of halogens is 1. The van der Waals surface area contributed by atoms with E-state index in [2.05, 4.69) is 0 Å². The van der Waals surface area contributed by atoms with Crippen LogP contribution in [0, 0.1) is 0 Å². The van der Waals surface area contributed by atoms with E-state index < -0.39 is 17.6 Å². The molecule has 0 bridgehead atoms. The first-order valence-corrected chi connectivity index (χ1v) is 12.7. The molecule has 0 aliphatic carbocycles. The highest BCUT2D eigenvalue weighted by atomic mass is 35.5. The fourth-order valence-corrected chi connectivity index (χ4v) is 4.35. The number of benzene rings is 3. The zero-order valence-corrected chi connectivity index (χ0v) is 22.2. The summed E-state index contributed by atoms with van der Waals surface area (Å²) in [4.78, 5) is 27.4. The fourth-order valence-electron chi connectivity index (χ4n) is 4.13. The number of Topliss-reactive ketones (excluding diaryl/α,β-unsaturated/α-hetero) is 1. The minimum absolute atomic E-state index is 0.0263. The molecule has 0 N–H and O–H groups in total. The van der Waals surface area contributed by atoms with Gasteiger partial charge in [0.25, 0.3) is 0 Å². The number of rotatable bonds is 7. The van der Waals surface area contributed by atoms with E-state index in [4.69, 9.17) is 25.8 Å². The van der Waals surface area contributed by atoms with E-state index in [9.17, 15) is 9.59 Å². The van der Waals surface area contributed by atoms with E-state index in [1.54, 1.807) is 17.0 Å². The summed E-state index contributed by atoms with van der Waals surface area (Å²) >= 11 is 6.64. The summed E-state index contributed by atoms with van der Waals surface area (Å²) in [5.74, 6) is 0.399. The SMILES string of the molecule is CC(C)(C)OC(=O)N1CCC(=O)C(c2cc(Cl)c(OCc3ccccc3)cc2OCc2ccccc2)C1. The summed E-state index contributed by atoms with van der Waals surface area (Å²) < 4.78 is 17.8. The first-order chi connectivity index (χ1) is 17.7. The van der Waals surface area contributed by atoms with Gasteiger partial charge in [0, 0.05) is 31.1 Å². The molecule has 4 rings (SSSR count). The molecule has 0 saturated carbocycles. The van der Waals surface area contributed by atoms with Crippen molar-refractivity contribution in [2.24, 2.45) is 0 Å². The Kier molecular flexibility index (Phi) is 8.39. The van der Waals surface area contributed by atoms with Crippen molar-refractivity contribution in [2.45, 2.75) is 51.9 Å². The second-order valence-electron chi connectivity index (χ2n) is 10.1. The van der Waals surface area contributed by atoms with Crippen LogP contribution < -0.4 is 9.47 Å². The molecule has 1 atom stereocenters. The predicted octanol–water partition coefficient (Wildman–Crippen LogP) is 6.79. The lowest BCUT2D eigenvalue weighted by Crippen LogP contribution is -2.45. The Hall–Kier alpha value is -3.51. The molecule has 1 saturated heterocycles. The summed E-state index contributed by atoms with van der Waals surface area (Å²) in [6.07, 6.45) is -0.211. The van der Waals surface area contributed by atoms with Crippen LogP contribution in [0.4, 0.5) is 4.79 Å². The minimum atomic E-state index is -0.626. The van der Waals surface area contributed by atoms with Gasteiger partial charge in [-0.2, -0.15) is 0 Å². The number of amides is 1. The number of ether oxygens (including phenoxy) is 3. The Balaban J connectivity index is 1.62. The number of ketones is 1. The Bertz CT molecular complexity index is 1220. The highest BCUT2D eigenvalue weighted by Crippen LogP contribution is 2.39. The van der Waals surface area contributed by atoms with Crippen molar-refractivity contribution in [2.75, 3.05) is 13.1 Å². The van der Waals surface area contributed by atoms with Crippen molar-refractivity contribution in [3.8, 4) is 11.5 Å². The fraction of sp³-hybridized carbons (Fsp3) is 0.333. The normalized spacial score (nSPS) is 15.8. The summed E-state index contributed by atoms with van der Waals surface area (Å²) in [7, 11) is 0. The number of hydrogen-bond acceptors (Lipinski definition) is 5. The maximum Gasteiger partial charge on any atom is 0.410 e. The highest BCUT2D eigenvalue weighted by Gasteiger charge is 2.35. The molecule has 7 heteroatoms. The lowest BCUT2D eigenvalue weighted by atomic mass is 9.88. The van der Waals surface area contributed by atoms with E-state index in [0.29, 0.717) is 41.8 Å². The number of carbonyl (C=O) groups is 2. The van der Waals surface area contributed by atoms with Gasteiger partial charge in [0.2, 0.25) is 0 Å². The molecule has 6 nitrogen and oxygen atoms in total. The summed E-state index contributed by atoms with van der Waals surface area (Å²) in [6.45, 7) is 6.62. The molecule has 1 aliphatic heterocycles. The first kappa shape index (κ1) is 26.6. The molecule has 1 amide bonds. The first-order valence-electron chi connectivity index (χ1n) is 12.4. The number of piperidine rings is 1. The van der Waals surface area contributed by atoms with Gasteiger partial charge < -0.3 is 19.1 Å². The molecule has 1 fully saturated rings. The average molecular weight is 522 g/mol. The molecule has 3 aromatic rings. The van der Waals surface area contributed by atoms with Crippen molar-refractivity contribution >= 4 is 23.5 Å². The third kappa shape index (κ3) is 7.26. The molecular formula is C30H32ClNO5. The molecule has 1 unspecified atom stereocenters. The van der Waals surface area contributed by atoms with Gasteiger partial charge in [-0.05, 0) is 38.0 Å². The second-order valence-corrected chi connectivity index (χ2v) is 10.5. The molecular weight excluding hydrogens is 490 g/mol. The van der Waals surface area contributed by atoms with Crippen molar-refractivity contribution < 1.29 is 23.8 Å². The predicted molar refractivity (Wildman–Crippen MR) is 143 cm³/mol. The molecule has 194 valence electrons. The Morgan fingerprint density at radius 1 is 0.919 bits per heavy atom. The third-order valence-electron chi connectivity index (χ3n) is 5.99. The Labute approximate surface area is 223 Å². The zero-order valence-electron chi connectivity index (χ0n) is 21.4. The van der Waals surface area contributed by atoms with Crippen LogP contribution >= 0.6 is 11.6 Å². The van der Waals surface area contributed by atoms with Crippen molar-refractivity contribution in [1.29, 1.82) is 0 Å². The van der Waals surface area contributed by atoms with Crippen LogP contribution in [0.3, 0.4) is 0 Å². The number of likely N-dealkylation sites (tertiary alicyclic amines) is 1. The molecule has 1 aliphatic rings. The minimum Gasteiger partial charge on any atom is -0.488 e. The second kappa shape index (κ2) is 11.7. The summed E-state index contributed by atoms with van der Waals surface area (Å²) in [5, 5.41) is 0.375. The van der Waals surface area contributed by atoms with Gasteiger partial charge in [-0.15, -0.1) is 0 Å². The van der Waals surface area contributed by atoms with E-state index in [0.717, 1.165) is 11.1 Å². The van der Waals surface area contributed by atoms with Crippen LogP contribution in [0.5, 0.6) is 11.5 Å². The third-order valence-corrected chi connectivity index (χ3v) is 6.28. The number of hydrogen-bond donors (Lipinski definition) is 0. The van der Waals surface area contributed by atoms with Crippen LogP contribution in [-0.4, -0.2) is 35.5 Å². The monoisotopic (exact) mass is 521 g/mol. The van der Waals surface area contributed by atoms with Gasteiger partial charge in [0.05, 0.1) is 10.9 Å². The number of nitrogens with zero attached hydrogens (tertiary/aromatic N) is 1. The van der Waals surface area contributed by atoms with E-state index in [1.165, 1.54) is 0 Å². The highest BCUT2D eigenvalue weighted by molar-refractivity contribution is 6.32. The Morgan fingerprint density at radius 3 is 2.05 bits per heavy atom. The van der Waals surface area contributed by atoms with Gasteiger partial charge in [-0.1, -0.05) is 72.3 Å². The van der Waals surface area contributed by atoms with Gasteiger partial charge in [-0.25, -0.2) is 4.79 Å². The molecule has 0 spiro atoms. The van der Waals surface area contributed by atoms with Gasteiger partial charge in [-0.3, -0.25) is 4.79 Å². The van der Waals surface area contributed by atoms with E-state index in [1.807, 2.05) is 81.4 Å². The lowest BCUT2D eigenvalue weighted by molar-refractivity contribution is -0.123. The van der Waals surface area contributed by atoms with Crippen LogP contribution in [0.15, 0.2) is 72.8 Å². The largest absolute Gasteiger partial charge is 0.488 e. The quantitative estimate of drug-likeness (QED) is 0.342.